The van der Waals surface area contributed by atoms with E-state index in [4.69, 9.17) is 34.7 Å². The van der Waals surface area contributed by atoms with Crippen LogP contribution in [0.5, 0.6) is 0 Å². The molecule has 0 saturated heterocycles. The fraction of sp³-hybridized carbons (Fsp3) is 0. The number of hydrogen-bond acceptors (Lipinski definition) is 3. The van der Waals surface area contributed by atoms with Gasteiger partial charge in [0, 0.05) is 5.02 Å². The van der Waals surface area contributed by atoms with E-state index in [1.54, 1.807) is 36.4 Å². The van der Waals surface area contributed by atoms with Crippen molar-refractivity contribution in [1.29, 1.82) is 0 Å². The van der Waals surface area contributed by atoms with E-state index in [1.165, 1.54) is 0 Å². The van der Waals surface area contributed by atoms with Crippen molar-refractivity contribution in [2.24, 2.45) is 5.73 Å². The second kappa shape index (κ2) is 5.38. The van der Waals surface area contributed by atoms with Crippen LogP contribution < -0.4 is 16.8 Å². The number of carbonyl (C=O) groups is 1. The predicted octanol–water partition coefficient (Wildman–Crippen LogP) is 3.42. The van der Waals surface area contributed by atoms with Gasteiger partial charge in [-0.15, -0.1) is 0 Å². The minimum atomic E-state index is -0.570. The molecular formula is C13H11Cl2N3O. The van der Waals surface area contributed by atoms with Crippen LogP contribution in [0.25, 0.3) is 0 Å². The molecule has 98 valence electrons. The van der Waals surface area contributed by atoms with Crippen molar-refractivity contribution < 1.29 is 4.79 Å². The van der Waals surface area contributed by atoms with Crippen LogP contribution >= 0.6 is 23.2 Å². The third kappa shape index (κ3) is 2.92. The Balaban J connectivity index is 2.46. The lowest BCUT2D eigenvalue weighted by molar-refractivity contribution is 0.100. The van der Waals surface area contributed by atoms with Crippen LogP contribution in [-0.4, -0.2) is 5.91 Å². The summed E-state index contributed by atoms with van der Waals surface area (Å²) in [4.78, 5) is 11.4. The molecule has 5 N–H and O–H groups in total. The Bertz CT molecular complexity index is 644. The zero-order valence-electron chi connectivity index (χ0n) is 9.78. The molecule has 2 rings (SSSR count). The van der Waals surface area contributed by atoms with Crippen LogP contribution in [0.3, 0.4) is 0 Å². The monoisotopic (exact) mass is 295 g/mol. The van der Waals surface area contributed by atoms with Gasteiger partial charge in [0.25, 0.3) is 5.91 Å². The third-order valence-electron chi connectivity index (χ3n) is 2.55. The maximum atomic E-state index is 11.4. The summed E-state index contributed by atoms with van der Waals surface area (Å²) in [7, 11) is 0. The molecule has 0 saturated carbocycles. The van der Waals surface area contributed by atoms with Gasteiger partial charge >= 0.3 is 0 Å². The molecule has 4 nitrogen and oxygen atoms in total. The summed E-state index contributed by atoms with van der Waals surface area (Å²) < 4.78 is 0. The summed E-state index contributed by atoms with van der Waals surface area (Å²) in [5.41, 5.74) is 12.9. The number of primary amides is 1. The van der Waals surface area contributed by atoms with E-state index in [9.17, 15) is 4.79 Å². The van der Waals surface area contributed by atoms with Crippen molar-refractivity contribution >= 4 is 46.2 Å². The predicted molar refractivity (Wildman–Crippen MR) is 79.1 cm³/mol. The van der Waals surface area contributed by atoms with Crippen molar-refractivity contribution in [3.8, 4) is 0 Å². The van der Waals surface area contributed by atoms with E-state index < -0.39 is 5.91 Å². The zero-order chi connectivity index (χ0) is 14.0. The first kappa shape index (κ1) is 13.5. The molecule has 0 bridgehead atoms. The van der Waals surface area contributed by atoms with Gasteiger partial charge in [0.2, 0.25) is 0 Å². The summed E-state index contributed by atoms with van der Waals surface area (Å²) in [5.74, 6) is -0.570. The van der Waals surface area contributed by atoms with Gasteiger partial charge in [0.1, 0.15) is 0 Å². The topological polar surface area (TPSA) is 81.1 Å². The number of para-hydroxylation sites is 1. The average molecular weight is 296 g/mol. The molecule has 0 unspecified atom stereocenters. The van der Waals surface area contributed by atoms with Crippen LogP contribution in [0, 0.1) is 0 Å². The minimum absolute atomic E-state index is 0.297. The maximum Gasteiger partial charge on any atom is 0.250 e. The Morgan fingerprint density at radius 3 is 2.53 bits per heavy atom. The van der Waals surface area contributed by atoms with Gasteiger partial charge in [-0.2, -0.15) is 0 Å². The molecular weight excluding hydrogens is 285 g/mol. The van der Waals surface area contributed by atoms with Gasteiger partial charge in [-0.05, 0) is 30.3 Å². The van der Waals surface area contributed by atoms with Crippen molar-refractivity contribution in [1.82, 2.24) is 0 Å². The van der Waals surface area contributed by atoms with E-state index in [-0.39, 0.29) is 0 Å². The second-order valence-corrected chi connectivity index (χ2v) is 4.73. The standard InChI is InChI=1S/C13H11Cl2N3O/c14-7-4-5-11(9(15)6-7)18-12-8(13(17)19)2-1-3-10(12)16/h1-6,18H,16H2,(H2,17,19). The highest BCUT2D eigenvalue weighted by Crippen LogP contribution is 2.32. The van der Waals surface area contributed by atoms with Crippen LogP contribution in [0.15, 0.2) is 36.4 Å². The van der Waals surface area contributed by atoms with Gasteiger partial charge in [0.15, 0.2) is 0 Å². The molecule has 1 amide bonds. The van der Waals surface area contributed by atoms with Crippen molar-refractivity contribution in [3.05, 3.63) is 52.0 Å². The zero-order valence-corrected chi connectivity index (χ0v) is 11.3. The number of benzene rings is 2. The fourth-order valence-electron chi connectivity index (χ4n) is 1.64. The van der Waals surface area contributed by atoms with Gasteiger partial charge in [-0.3, -0.25) is 4.79 Å². The number of halogens is 2. The van der Waals surface area contributed by atoms with Crippen molar-refractivity contribution in [2.45, 2.75) is 0 Å². The Hall–Kier alpha value is -1.91. The molecule has 0 fully saturated rings. The van der Waals surface area contributed by atoms with E-state index >= 15 is 0 Å². The van der Waals surface area contributed by atoms with E-state index in [0.717, 1.165) is 0 Å². The van der Waals surface area contributed by atoms with E-state index in [0.29, 0.717) is 32.7 Å². The largest absolute Gasteiger partial charge is 0.397 e. The Kier molecular flexibility index (Phi) is 3.83. The van der Waals surface area contributed by atoms with Crippen LogP contribution in [0.2, 0.25) is 10.0 Å². The normalized spacial score (nSPS) is 10.2. The molecule has 0 radical (unpaired) electrons. The molecule has 2 aromatic rings. The van der Waals surface area contributed by atoms with Gasteiger partial charge in [0.05, 0.1) is 27.6 Å². The quantitative estimate of drug-likeness (QED) is 0.759. The molecule has 6 heteroatoms. The summed E-state index contributed by atoms with van der Waals surface area (Å²) in [6, 6.07) is 9.88. The molecule has 0 heterocycles. The summed E-state index contributed by atoms with van der Waals surface area (Å²) in [5, 5.41) is 3.94. The summed E-state index contributed by atoms with van der Waals surface area (Å²) in [6.45, 7) is 0. The lowest BCUT2D eigenvalue weighted by Crippen LogP contribution is -2.14. The smallest absolute Gasteiger partial charge is 0.250 e. The van der Waals surface area contributed by atoms with Crippen LogP contribution in [-0.2, 0) is 0 Å². The molecule has 0 atom stereocenters. The second-order valence-electron chi connectivity index (χ2n) is 3.88. The maximum absolute atomic E-state index is 11.4. The van der Waals surface area contributed by atoms with Crippen molar-refractivity contribution in [2.75, 3.05) is 11.1 Å². The Labute approximate surface area is 120 Å². The van der Waals surface area contributed by atoms with E-state index in [2.05, 4.69) is 5.32 Å². The average Bonchev–Trinajstić information content (AvgIpc) is 2.34. The highest BCUT2D eigenvalue weighted by molar-refractivity contribution is 6.36. The molecule has 19 heavy (non-hydrogen) atoms. The number of amides is 1. The Morgan fingerprint density at radius 2 is 1.89 bits per heavy atom. The molecule has 0 aliphatic carbocycles. The number of nitrogens with one attached hydrogen (secondary N) is 1. The van der Waals surface area contributed by atoms with Crippen LogP contribution in [0.4, 0.5) is 17.1 Å². The number of nitrogens with two attached hydrogens (primary N) is 2. The highest BCUT2D eigenvalue weighted by Gasteiger charge is 2.12. The van der Waals surface area contributed by atoms with Gasteiger partial charge in [-0.1, -0.05) is 29.3 Å². The lowest BCUT2D eigenvalue weighted by Gasteiger charge is -2.14. The Morgan fingerprint density at radius 1 is 1.16 bits per heavy atom. The van der Waals surface area contributed by atoms with E-state index in [1.807, 2.05) is 0 Å². The SMILES string of the molecule is NC(=O)c1cccc(N)c1Nc1ccc(Cl)cc1Cl. The molecule has 0 aliphatic rings. The molecule has 2 aromatic carbocycles. The lowest BCUT2D eigenvalue weighted by atomic mass is 10.1. The van der Waals surface area contributed by atoms with Crippen molar-refractivity contribution in [3.63, 3.8) is 0 Å². The van der Waals surface area contributed by atoms with Crippen LogP contribution in [0.1, 0.15) is 10.4 Å². The van der Waals surface area contributed by atoms with Gasteiger partial charge < -0.3 is 16.8 Å². The number of rotatable bonds is 3. The number of hydrogen-bond donors (Lipinski definition) is 3. The molecule has 0 aromatic heterocycles. The van der Waals surface area contributed by atoms with Gasteiger partial charge in [-0.25, -0.2) is 0 Å². The number of nitrogen functional groups attached to an aromatic ring is 1. The first-order valence-corrected chi connectivity index (χ1v) is 6.15. The number of anilines is 3. The highest BCUT2D eigenvalue weighted by atomic mass is 35.5. The first-order valence-electron chi connectivity index (χ1n) is 5.39. The third-order valence-corrected chi connectivity index (χ3v) is 3.10. The molecule has 0 spiro atoms. The first-order chi connectivity index (χ1) is 8.99. The number of carbonyl (C=O) groups excluding carboxylic acids is 1. The molecule has 0 aliphatic heterocycles. The summed E-state index contributed by atoms with van der Waals surface area (Å²) in [6.07, 6.45) is 0. The summed E-state index contributed by atoms with van der Waals surface area (Å²) >= 11 is 11.9. The minimum Gasteiger partial charge on any atom is -0.397 e. The fourth-order valence-corrected chi connectivity index (χ4v) is 2.10.